The quantitative estimate of drug-likeness (QED) is 0.783. The second kappa shape index (κ2) is 9.19. The fraction of sp³-hybridized carbons (Fsp3) is 0.368. The SMILES string of the molecule is N#Cc1cnc(NC(=O)Nc2cc(Cl)ccc2OCC2CCCCC2)cn1. The predicted molar refractivity (Wildman–Crippen MR) is 103 cm³/mol. The molecule has 3 rings (SSSR count). The molecule has 2 amide bonds. The number of aromatic nitrogens is 2. The molecule has 1 aliphatic carbocycles. The highest BCUT2D eigenvalue weighted by Gasteiger charge is 2.16. The van der Waals surface area contributed by atoms with Crippen molar-refractivity contribution in [2.24, 2.45) is 5.92 Å². The van der Waals surface area contributed by atoms with Crippen molar-refractivity contribution in [3.05, 3.63) is 41.3 Å². The Morgan fingerprint density at radius 3 is 2.74 bits per heavy atom. The Bertz CT molecular complexity index is 829. The monoisotopic (exact) mass is 385 g/mol. The highest BCUT2D eigenvalue weighted by atomic mass is 35.5. The van der Waals surface area contributed by atoms with Gasteiger partial charge in [0.15, 0.2) is 11.5 Å². The molecule has 1 heterocycles. The molecule has 0 atom stereocenters. The lowest BCUT2D eigenvalue weighted by Crippen LogP contribution is -2.21. The normalized spacial score (nSPS) is 14.2. The molecule has 2 N–H and O–H groups in total. The zero-order valence-corrected chi connectivity index (χ0v) is 15.5. The van der Waals surface area contributed by atoms with Crippen molar-refractivity contribution in [1.82, 2.24) is 9.97 Å². The van der Waals surface area contributed by atoms with E-state index in [1.807, 2.05) is 6.07 Å². The molecule has 1 aliphatic rings. The van der Waals surface area contributed by atoms with E-state index in [9.17, 15) is 4.79 Å². The fourth-order valence-electron chi connectivity index (χ4n) is 3.01. The van der Waals surface area contributed by atoms with E-state index in [0.717, 1.165) is 0 Å². The molecule has 7 nitrogen and oxygen atoms in total. The van der Waals surface area contributed by atoms with Gasteiger partial charge in [0.05, 0.1) is 24.7 Å². The van der Waals surface area contributed by atoms with Crippen molar-refractivity contribution in [2.75, 3.05) is 17.2 Å². The Kier molecular flexibility index (Phi) is 6.44. The van der Waals surface area contributed by atoms with Gasteiger partial charge in [0.25, 0.3) is 0 Å². The molecule has 0 aliphatic heterocycles. The summed E-state index contributed by atoms with van der Waals surface area (Å²) in [5, 5.41) is 14.5. The van der Waals surface area contributed by atoms with Gasteiger partial charge in [-0.1, -0.05) is 30.9 Å². The van der Waals surface area contributed by atoms with Gasteiger partial charge in [-0.15, -0.1) is 0 Å². The molecule has 0 saturated heterocycles. The number of hydrogen-bond donors (Lipinski definition) is 2. The maximum absolute atomic E-state index is 12.3. The minimum atomic E-state index is -0.501. The van der Waals surface area contributed by atoms with Gasteiger partial charge in [-0.05, 0) is 37.0 Å². The number of rotatable bonds is 5. The molecule has 27 heavy (non-hydrogen) atoms. The van der Waals surface area contributed by atoms with Crippen LogP contribution in [0.5, 0.6) is 5.75 Å². The van der Waals surface area contributed by atoms with Crippen LogP contribution in [0, 0.1) is 17.2 Å². The minimum Gasteiger partial charge on any atom is -0.491 e. The van der Waals surface area contributed by atoms with Crippen LogP contribution >= 0.6 is 11.6 Å². The molecule has 1 aromatic heterocycles. The topological polar surface area (TPSA) is 99.9 Å². The van der Waals surface area contributed by atoms with Gasteiger partial charge in [-0.3, -0.25) is 5.32 Å². The van der Waals surface area contributed by atoms with Crippen molar-refractivity contribution in [1.29, 1.82) is 5.26 Å². The zero-order valence-electron chi connectivity index (χ0n) is 14.7. The summed E-state index contributed by atoms with van der Waals surface area (Å²) in [6.45, 7) is 0.624. The number of ether oxygens (including phenoxy) is 1. The maximum Gasteiger partial charge on any atom is 0.325 e. The molecule has 8 heteroatoms. The summed E-state index contributed by atoms with van der Waals surface area (Å²) < 4.78 is 5.95. The van der Waals surface area contributed by atoms with Gasteiger partial charge >= 0.3 is 6.03 Å². The first kappa shape index (κ1) is 18.9. The molecule has 140 valence electrons. The number of halogens is 1. The van der Waals surface area contributed by atoms with Crippen molar-refractivity contribution in [3.63, 3.8) is 0 Å². The van der Waals surface area contributed by atoms with E-state index in [4.69, 9.17) is 21.6 Å². The van der Waals surface area contributed by atoms with Crippen molar-refractivity contribution < 1.29 is 9.53 Å². The number of benzene rings is 1. The fourth-order valence-corrected chi connectivity index (χ4v) is 3.18. The summed E-state index contributed by atoms with van der Waals surface area (Å²) in [7, 11) is 0. The Morgan fingerprint density at radius 2 is 2.04 bits per heavy atom. The number of amides is 2. The number of carbonyl (C=O) groups excluding carboxylic acids is 1. The largest absolute Gasteiger partial charge is 0.491 e. The number of nitrogens with one attached hydrogen (secondary N) is 2. The van der Waals surface area contributed by atoms with Crippen LogP contribution in [0.25, 0.3) is 0 Å². The molecule has 1 saturated carbocycles. The van der Waals surface area contributed by atoms with Crippen LogP contribution < -0.4 is 15.4 Å². The molecule has 0 bridgehead atoms. The molecular weight excluding hydrogens is 366 g/mol. The van der Waals surface area contributed by atoms with Gasteiger partial charge in [-0.2, -0.15) is 5.26 Å². The van der Waals surface area contributed by atoms with Gasteiger partial charge in [0.2, 0.25) is 0 Å². The van der Waals surface area contributed by atoms with Crippen LogP contribution in [-0.4, -0.2) is 22.6 Å². The Balaban J connectivity index is 1.62. The summed E-state index contributed by atoms with van der Waals surface area (Å²) in [5.74, 6) is 1.36. The lowest BCUT2D eigenvalue weighted by molar-refractivity contribution is 0.209. The zero-order chi connectivity index (χ0) is 19.1. The van der Waals surface area contributed by atoms with Gasteiger partial charge < -0.3 is 10.1 Å². The van der Waals surface area contributed by atoms with Crippen LogP contribution in [-0.2, 0) is 0 Å². The van der Waals surface area contributed by atoms with Crippen LogP contribution in [0.1, 0.15) is 37.8 Å². The summed E-state index contributed by atoms with van der Waals surface area (Å²) in [6, 6.07) is 6.49. The predicted octanol–water partition coefficient (Wildman–Crippen LogP) is 4.60. The summed E-state index contributed by atoms with van der Waals surface area (Å²) >= 11 is 6.06. The van der Waals surface area contributed by atoms with E-state index in [0.29, 0.717) is 29.0 Å². The smallest absolute Gasteiger partial charge is 0.325 e. The summed E-state index contributed by atoms with van der Waals surface area (Å²) in [6.07, 6.45) is 8.73. The number of hydrogen-bond acceptors (Lipinski definition) is 5. The second-order valence-corrected chi connectivity index (χ2v) is 6.87. The highest BCUT2D eigenvalue weighted by molar-refractivity contribution is 6.31. The number of anilines is 2. The van der Waals surface area contributed by atoms with Crippen LogP contribution in [0.2, 0.25) is 5.02 Å². The van der Waals surface area contributed by atoms with E-state index in [-0.39, 0.29) is 11.5 Å². The minimum absolute atomic E-state index is 0.175. The van der Waals surface area contributed by atoms with E-state index >= 15 is 0 Å². The van der Waals surface area contributed by atoms with E-state index in [1.54, 1.807) is 18.2 Å². The number of urea groups is 1. The van der Waals surface area contributed by atoms with Gasteiger partial charge in [-0.25, -0.2) is 14.8 Å². The average molecular weight is 386 g/mol. The number of nitrogens with zero attached hydrogens (tertiary/aromatic N) is 3. The second-order valence-electron chi connectivity index (χ2n) is 6.43. The molecule has 1 fully saturated rings. The Morgan fingerprint density at radius 1 is 1.22 bits per heavy atom. The van der Waals surface area contributed by atoms with Crippen LogP contribution in [0.4, 0.5) is 16.3 Å². The van der Waals surface area contributed by atoms with Crippen LogP contribution in [0.15, 0.2) is 30.6 Å². The molecular formula is C19H20ClN5O2. The lowest BCUT2D eigenvalue weighted by Gasteiger charge is -2.22. The average Bonchev–Trinajstić information content (AvgIpc) is 2.69. The summed E-state index contributed by atoms with van der Waals surface area (Å²) in [5.41, 5.74) is 0.659. The maximum atomic E-state index is 12.3. The third kappa shape index (κ3) is 5.56. The van der Waals surface area contributed by atoms with Crippen molar-refractivity contribution >= 4 is 29.1 Å². The van der Waals surface area contributed by atoms with Gasteiger partial charge in [0.1, 0.15) is 11.8 Å². The molecule has 0 spiro atoms. The third-order valence-corrected chi connectivity index (χ3v) is 4.63. The molecule has 2 aromatic rings. The molecule has 0 radical (unpaired) electrons. The molecule has 1 aromatic carbocycles. The first-order chi connectivity index (χ1) is 13.1. The van der Waals surface area contributed by atoms with E-state index in [1.165, 1.54) is 44.5 Å². The molecule has 0 unspecified atom stereocenters. The lowest BCUT2D eigenvalue weighted by atomic mass is 9.90. The van der Waals surface area contributed by atoms with Gasteiger partial charge in [0, 0.05) is 5.02 Å². The first-order valence-corrected chi connectivity index (χ1v) is 9.24. The third-order valence-electron chi connectivity index (χ3n) is 4.40. The van der Waals surface area contributed by atoms with Crippen LogP contribution in [0.3, 0.4) is 0 Å². The number of nitriles is 1. The van der Waals surface area contributed by atoms with Crippen molar-refractivity contribution in [3.8, 4) is 11.8 Å². The van der Waals surface area contributed by atoms with E-state index in [2.05, 4.69) is 20.6 Å². The van der Waals surface area contributed by atoms with E-state index < -0.39 is 6.03 Å². The highest BCUT2D eigenvalue weighted by Crippen LogP contribution is 2.30. The Labute approximate surface area is 162 Å². The summed E-state index contributed by atoms with van der Waals surface area (Å²) in [4.78, 5) is 20.1. The standard InChI is InChI=1S/C19H20ClN5O2/c20-14-6-7-17(27-12-13-4-2-1-3-5-13)16(8-14)24-19(26)25-18-11-22-15(9-21)10-23-18/h6-8,10-11,13H,1-5,12H2,(H2,23,24,25,26). The Hall–Kier alpha value is -2.85. The van der Waals surface area contributed by atoms with Crippen molar-refractivity contribution in [2.45, 2.75) is 32.1 Å². The first-order valence-electron chi connectivity index (χ1n) is 8.86. The number of carbonyl (C=O) groups is 1.